The van der Waals surface area contributed by atoms with E-state index >= 15 is 0 Å². The van der Waals surface area contributed by atoms with Crippen molar-refractivity contribution in [2.75, 3.05) is 0 Å². The average molecular weight is 596 g/mol. The molecule has 0 aliphatic carbocycles. The monoisotopic (exact) mass is 595 g/mol. The van der Waals surface area contributed by atoms with E-state index in [1.807, 2.05) is 0 Å². The van der Waals surface area contributed by atoms with Crippen LogP contribution in [0.5, 0.6) is 0 Å². The zero-order valence-corrected chi connectivity index (χ0v) is 21.5. The summed E-state index contributed by atoms with van der Waals surface area (Å²) in [6.07, 6.45) is -12.0. The summed E-state index contributed by atoms with van der Waals surface area (Å²) in [6.45, 7) is -2.15. The first-order chi connectivity index (χ1) is 18.7. The van der Waals surface area contributed by atoms with Gasteiger partial charge < -0.3 is 10.4 Å². The minimum atomic E-state index is -5.01. The molecule has 2 N–H and O–H groups in total. The Labute approximate surface area is 227 Å². The molecular weight excluding hydrogens is 572 g/mol. The van der Waals surface area contributed by atoms with Crippen LogP contribution in [-0.4, -0.2) is 64.6 Å². The lowest BCUT2D eigenvalue weighted by atomic mass is 10.1. The van der Waals surface area contributed by atoms with Gasteiger partial charge in [-0.05, 0) is 37.1 Å². The first-order valence-corrected chi connectivity index (χ1v) is 12.5. The Kier molecular flexibility index (Phi) is 8.58. The number of carbonyl (C=O) groups excluding carboxylic acids is 1. The Morgan fingerprint density at radius 1 is 1.07 bits per heavy atom. The molecule has 218 valence electrons. The molecule has 17 heteroatoms. The largest absolute Gasteiger partial charge is 0.416 e. The van der Waals surface area contributed by atoms with Gasteiger partial charge in [0.15, 0.2) is 17.8 Å². The van der Waals surface area contributed by atoms with Gasteiger partial charge >= 0.3 is 18.0 Å². The Morgan fingerprint density at radius 3 is 2.38 bits per heavy atom. The Balaban J connectivity index is 1.64. The van der Waals surface area contributed by atoms with Crippen LogP contribution in [0.1, 0.15) is 37.3 Å². The Bertz CT molecular complexity index is 1400. The van der Waals surface area contributed by atoms with Crippen molar-refractivity contribution in [3.63, 3.8) is 0 Å². The SMILES string of the molecule is O=C1CC[C@@H](CCc2nc(Cn3nc(-c4ccc(Cl)cc4)n(C[C@H](O)C(F)(F)F)c3=O)nn2CCC(F)(F)F)N1. The molecule has 10 nitrogen and oxygen atoms in total. The van der Waals surface area contributed by atoms with E-state index in [9.17, 15) is 41.0 Å². The molecule has 0 bridgehead atoms. The number of hydrogen-bond acceptors (Lipinski definition) is 6. The van der Waals surface area contributed by atoms with Gasteiger partial charge in [-0.1, -0.05) is 11.6 Å². The number of aliphatic hydroxyl groups is 1. The number of rotatable bonds is 10. The fourth-order valence-corrected chi connectivity index (χ4v) is 4.34. The van der Waals surface area contributed by atoms with Gasteiger partial charge in [0.2, 0.25) is 5.91 Å². The summed E-state index contributed by atoms with van der Waals surface area (Å²) in [6, 6.07) is 5.56. The first-order valence-electron chi connectivity index (χ1n) is 12.2. The molecule has 4 rings (SSSR count). The molecule has 3 heterocycles. The van der Waals surface area contributed by atoms with Gasteiger partial charge in [-0.2, -0.15) is 31.4 Å². The van der Waals surface area contributed by atoms with E-state index in [1.165, 1.54) is 24.3 Å². The number of alkyl halides is 6. The van der Waals surface area contributed by atoms with Gasteiger partial charge in [-0.15, -0.1) is 5.10 Å². The molecule has 1 aliphatic rings. The van der Waals surface area contributed by atoms with Crippen LogP contribution in [0.15, 0.2) is 29.1 Å². The molecule has 2 atom stereocenters. The second kappa shape index (κ2) is 11.6. The van der Waals surface area contributed by atoms with E-state index in [2.05, 4.69) is 20.5 Å². The Morgan fingerprint density at radius 2 is 1.77 bits per heavy atom. The van der Waals surface area contributed by atoms with E-state index < -0.39 is 50.2 Å². The van der Waals surface area contributed by atoms with E-state index in [4.69, 9.17) is 11.6 Å². The fourth-order valence-electron chi connectivity index (χ4n) is 4.22. The van der Waals surface area contributed by atoms with E-state index in [-0.39, 0.29) is 41.4 Å². The number of nitrogens with zero attached hydrogens (tertiary/aromatic N) is 6. The Hall–Kier alpha value is -3.40. The number of hydrogen-bond donors (Lipinski definition) is 2. The maximum absolute atomic E-state index is 13.1. The van der Waals surface area contributed by atoms with Gasteiger partial charge in [-0.3, -0.25) is 9.36 Å². The number of aliphatic hydroxyl groups excluding tert-OH is 1. The molecular formula is C23H24ClF6N7O3. The first kappa shape index (κ1) is 29.6. The summed E-state index contributed by atoms with van der Waals surface area (Å²) >= 11 is 5.88. The molecule has 0 radical (unpaired) electrons. The highest BCUT2D eigenvalue weighted by atomic mass is 35.5. The number of benzene rings is 1. The molecule has 1 fully saturated rings. The molecule has 2 aromatic heterocycles. The smallest absolute Gasteiger partial charge is 0.382 e. The quantitative estimate of drug-likeness (QED) is 0.348. The number of halogens is 7. The van der Waals surface area contributed by atoms with Crippen molar-refractivity contribution in [2.45, 2.75) is 76.2 Å². The van der Waals surface area contributed by atoms with Crippen LogP contribution in [0.3, 0.4) is 0 Å². The van der Waals surface area contributed by atoms with Gasteiger partial charge in [0.1, 0.15) is 12.4 Å². The van der Waals surface area contributed by atoms with E-state index in [0.717, 1.165) is 9.36 Å². The fraction of sp³-hybridized carbons (Fsp3) is 0.522. The van der Waals surface area contributed by atoms with Crippen LogP contribution in [-0.2, 0) is 30.8 Å². The van der Waals surface area contributed by atoms with Crippen LogP contribution in [0.4, 0.5) is 26.3 Å². The number of nitrogens with one attached hydrogen (secondary N) is 1. The van der Waals surface area contributed by atoms with Crippen LogP contribution < -0.4 is 11.0 Å². The van der Waals surface area contributed by atoms with Crippen LogP contribution in [0.25, 0.3) is 11.4 Å². The van der Waals surface area contributed by atoms with Crippen molar-refractivity contribution in [2.24, 2.45) is 0 Å². The van der Waals surface area contributed by atoms with Crippen LogP contribution >= 0.6 is 11.6 Å². The molecule has 0 unspecified atom stereocenters. The highest BCUT2D eigenvalue weighted by Crippen LogP contribution is 2.25. The van der Waals surface area contributed by atoms with Gasteiger partial charge in [0, 0.05) is 29.5 Å². The molecule has 1 aromatic carbocycles. The summed E-state index contributed by atoms with van der Waals surface area (Å²) in [7, 11) is 0. The second-order valence-corrected chi connectivity index (χ2v) is 9.75. The molecule has 1 saturated heterocycles. The number of aromatic nitrogens is 6. The van der Waals surface area contributed by atoms with Crippen LogP contribution in [0.2, 0.25) is 5.02 Å². The van der Waals surface area contributed by atoms with Crippen molar-refractivity contribution in [3.8, 4) is 11.4 Å². The number of carbonyl (C=O) groups is 1. The molecule has 3 aromatic rings. The third kappa shape index (κ3) is 7.41. The molecule has 1 amide bonds. The second-order valence-electron chi connectivity index (χ2n) is 9.31. The van der Waals surface area contributed by atoms with Crippen molar-refractivity contribution in [1.82, 2.24) is 34.4 Å². The molecule has 0 saturated carbocycles. The zero-order chi connectivity index (χ0) is 29.2. The van der Waals surface area contributed by atoms with Gasteiger partial charge in [0.05, 0.1) is 19.5 Å². The van der Waals surface area contributed by atoms with E-state index in [0.29, 0.717) is 28.9 Å². The number of aryl methyl sites for hydroxylation is 2. The topological polar surface area (TPSA) is 120 Å². The highest BCUT2D eigenvalue weighted by molar-refractivity contribution is 6.30. The van der Waals surface area contributed by atoms with Crippen molar-refractivity contribution in [3.05, 3.63) is 51.4 Å². The highest BCUT2D eigenvalue weighted by Gasteiger charge is 2.39. The summed E-state index contributed by atoms with van der Waals surface area (Å²) < 4.78 is 80.4. The van der Waals surface area contributed by atoms with Crippen molar-refractivity contribution in [1.29, 1.82) is 0 Å². The number of amides is 1. The molecule has 1 aliphatic heterocycles. The molecule has 40 heavy (non-hydrogen) atoms. The van der Waals surface area contributed by atoms with Crippen molar-refractivity contribution >= 4 is 17.5 Å². The molecule has 0 spiro atoms. The maximum atomic E-state index is 13.1. The van der Waals surface area contributed by atoms with Gasteiger partial charge in [0.25, 0.3) is 0 Å². The lowest BCUT2D eigenvalue weighted by Crippen LogP contribution is -2.37. The zero-order valence-electron chi connectivity index (χ0n) is 20.7. The minimum absolute atomic E-state index is 0.0848. The normalized spacial score (nSPS) is 16.9. The maximum Gasteiger partial charge on any atom is 0.416 e. The van der Waals surface area contributed by atoms with E-state index in [1.54, 1.807) is 0 Å². The third-order valence-electron chi connectivity index (χ3n) is 6.25. The summed E-state index contributed by atoms with van der Waals surface area (Å²) in [5.41, 5.74) is -0.785. The predicted molar refractivity (Wildman–Crippen MR) is 128 cm³/mol. The van der Waals surface area contributed by atoms with Crippen molar-refractivity contribution < 1.29 is 36.2 Å². The van der Waals surface area contributed by atoms with Gasteiger partial charge in [-0.25, -0.2) is 19.1 Å². The average Bonchev–Trinajstić information content (AvgIpc) is 3.54. The summed E-state index contributed by atoms with van der Waals surface area (Å²) in [4.78, 5) is 28.8. The standard InChI is InChI=1S/C23H24ClF6N7O3/c24-14-3-1-13(2-4-14)20-34-37(21(40)35(20)11-16(38)23(28,29)30)12-17-32-18(7-5-15-6-8-19(39)31-15)36(33-17)10-9-22(25,26)27/h1-4,15-16,38H,5-12H2,(H,31,39)/t15-,16+/m1/s1. The summed E-state index contributed by atoms with van der Waals surface area (Å²) in [5, 5.41) is 20.9. The lowest BCUT2D eigenvalue weighted by Gasteiger charge is -2.15. The lowest BCUT2D eigenvalue weighted by molar-refractivity contribution is -0.207. The predicted octanol–water partition coefficient (Wildman–Crippen LogP) is 3.09. The minimum Gasteiger partial charge on any atom is -0.382 e. The summed E-state index contributed by atoms with van der Waals surface area (Å²) in [5.74, 6) is -0.207. The third-order valence-corrected chi connectivity index (χ3v) is 6.50. The van der Waals surface area contributed by atoms with Crippen LogP contribution in [0, 0.1) is 0 Å².